The number of rotatable bonds is 7. The number of hydrogen-bond donors (Lipinski definition) is 1. The van der Waals surface area contributed by atoms with Crippen LogP contribution in [0.15, 0.2) is 30.3 Å². The minimum absolute atomic E-state index is 0.253. The Hall–Kier alpha value is -2.67. The van der Waals surface area contributed by atoms with Crippen molar-refractivity contribution in [2.45, 2.75) is 13.8 Å². The van der Waals surface area contributed by atoms with E-state index in [1.165, 1.54) is 18.4 Å². The molecular weight excluding hydrogens is 342 g/mol. The SMILES string of the molecule is COc1ccc(C(=O)NCC(=O)OCC(=O)c2cc(C)sc2C)cc1. The summed E-state index contributed by atoms with van der Waals surface area (Å²) < 4.78 is 9.94. The number of amides is 1. The van der Waals surface area contributed by atoms with Crippen LogP contribution in [0.1, 0.15) is 30.5 Å². The largest absolute Gasteiger partial charge is 0.497 e. The second-order valence-corrected chi connectivity index (χ2v) is 6.78. The Balaban J connectivity index is 1.79. The molecule has 25 heavy (non-hydrogen) atoms. The van der Waals surface area contributed by atoms with Crippen LogP contribution in [0.3, 0.4) is 0 Å². The topological polar surface area (TPSA) is 81.7 Å². The molecule has 6 nitrogen and oxygen atoms in total. The maximum absolute atomic E-state index is 12.0. The van der Waals surface area contributed by atoms with Gasteiger partial charge in [0, 0.05) is 20.9 Å². The predicted molar refractivity (Wildman–Crippen MR) is 94.4 cm³/mol. The average molecular weight is 361 g/mol. The molecular formula is C18H19NO5S. The molecule has 1 amide bonds. The van der Waals surface area contributed by atoms with Crippen LogP contribution in [0.25, 0.3) is 0 Å². The Kier molecular flexibility index (Phi) is 6.30. The molecule has 1 aromatic heterocycles. The van der Waals surface area contributed by atoms with Crippen molar-refractivity contribution in [3.63, 3.8) is 0 Å². The quantitative estimate of drug-likeness (QED) is 0.605. The number of esters is 1. The maximum Gasteiger partial charge on any atom is 0.325 e. The van der Waals surface area contributed by atoms with Crippen LogP contribution < -0.4 is 10.1 Å². The number of nitrogens with one attached hydrogen (secondary N) is 1. The molecule has 0 atom stereocenters. The summed E-state index contributed by atoms with van der Waals surface area (Å²) in [4.78, 5) is 37.6. The molecule has 0 aliphatic carbocycles. The summed E-state index contributed by atoms with van der Waals surface area (Å²) >= 11 is 1.52. The molecule has 1 heterocycles. The molecule has 132 valence electrons. The van der Waals surface area contributed by atoms with Crippen LogP contribution in [0.4, 0.5) is 0 Å². The molecule has 2 rings (SSSR count). The minimum atomic E-state index is -0.667. The van der Waals surface area contributed by atoms with Crippen LogP contribution in [0.2, 0.25) is 0 Å². The molecule has 0 bridgehead atoms. The molecule has 0 saturated carbocycles. The molecule has 2 aromatic rings. The van der Waals surface area contributed by atoms with E-state index in [4.69, 9.17) is 9.47 Å². The lowest BCUT2D eigenvalue weighted by molar-refractivity contribution is -0.141. The van der Waals surface area contributed by atoms with Gasteiger partial charge < -0.3 is 14.8 Å². The van der Waals surface area contributed by atoms with E-state index in [0.717, 1.165) is 9.75 Å². The van der Waals surface area contributed by atoms with Gasteiger partial charge in [0.25, 0.3) is 5.91 Å². The van der Waals surface area contributed by atoms with Gasteiger partial charge in [0.1, 0.15) is 12.3 Å². The van der Waals surface area contributed by atoms with Crippen molar-refractivity contribution in [3.05, 3.63) is 51.2 Å². The molecule has 1 N–H and O–H groups in total. The summed E-state index contributed by atoms with van der Waals surface area (Å²) in [5, 5.41) is 2.45. The Morgan fingerprint density at radius 1 is 1.12 bits per heavy atom. The fourth-order valence-electron chi connectivity index (χ4n) is 2.18. The number of methoxy groups -OCH3 is 1. The lowest BCUT2D eigenvalue weighted by atomic mass is 10.2. The van der Waals surface area contributed by atoms with E-state index < -0.39 is 11.9 Å². The number of thiophene rings is 1. The van der Waals surface area contributed by atoms with E-state index in [1.54, 1.807) is 30.3 Å². The summed E-state index contributed by atoms with van der Waals surface area (Å²) in [5.41, 5.74) is 0.964. The van der Waals surface area contributed by atoms with Gasteiger partial charge in [0.15, 0.2) is 6.61 Å². The first-order valence-electron chi connectivity index (χ1n) is 7.59. The molecule has 0 aliphatic heterocycles. The smallest absolute Gasteiger partial charge is 0.325 e. The monoisotopic (exact) mass is 361 g/mol. The summed E-state index contributed by atoms with van der Waals surface area (Å²) in [6, 6.07) is 8.26. The third-order valence-electron chi connectivity index (χ3n) is 3.45. The van der Waals surface area contributed by atoms with Crippen molar-refractivity contribution in [1.82, 2.24) is 5.32 Å². The molecule has 0 unspecified atom stereocenters. The maximum atomic E-state index is 12.0. The Bertz CT molecular complexity index is 779. The average Bonchev–Trinajstić information content (AvgIpc) is 2.96. The summed E-state index contributed by atoms with van der Waals surface area (Å²) in [6.07, 6.45) is 0. The van der Waals surface area contributed by atoms with E-state index in [-0.39, 0.29) is 18.9 Å². The van der Waals surface area contributed by atoms with Gasteiger partial charge in [0.2, 0.25) is 5.78 Å². The molecule has 0 saturated heterocycles. The standard InChI is InChI=1S/C18H19NO5S/c1-11-8-15(12(2)25-11)16(20)10-24-17(21)9-19-18(22)13-4-6-14(23-3)7-5-13/h4-8H,9-10H2,1-3H3,(H,19,22). The fourth-order valence-corrected chi connectivity index (χ4v) is 3.12. The van der Waals surface area contributed by atoms with Crippen molar-refractivity contribution in [2.24, 2.45) is 0 Å². The molecule has 7 heteroatoms. The number of hydrogen-bond acceptors (Lipinski definition) is 6. The molecule has 0 radical (unpaired) electrons. The number of benzene rings is 1. The molecule has 0 spiro atoms. The molecule has 1 aromatic carbocycles. The third-order valence-corrected chi connectivity index (χ3v) is 4.42. The zero-order valence-corrected chi connectivity index (χ0v) is 15.1. The van der Waals surface area contributed by atoms with Crippen molar-refractivity contribution in [3.8, 4) is 5.75 Å². The van der Waals surface area contributed by atoms with Crippen molar-refractivity contribution < 1.29 is 23.9 Å². The Morgan fingerprint density at radius 2 is 1.80 bits per heavy atom. The zero-order valence-electron chi connectivity index (χ0n) is 14.3. The van der Waals surface area contributed by atoms with Gasteiger partial charge in [-0.05, 0) is 44.2 Å². The predicted octanol–water partition coefficient (Wildman–Crippen LogP) is 2.53. The summed E-state index contributed by atoms with van der Waals surface area (Å²) in [6.45, 7) is 3.12. The van der Waals surface area contributed by atoms with Gasteiger partial charge in [-0.3, -0.25) is 14.4 Å². The number of ether oxygens (including phenoxy) is 2. The van der Waals surface area contributed by atoms with Gasteiger partial charge in [0.05, 0.1) is 7.11 Å². The third kappa shape index (κ3) is 5.15. The van der Waals surface area contributed by atoms with Gasteiger partial charge >= 0.3 is 5.97 Å². The lowest BCUT2D eigenvalue weighted by Crippen LogP contribution is -2.31. The van der Waals surface area contributed by atoms with Crippen LogP contribution in [-0.2, 0) is 9.53 Å². The molecule has 0 fully saturated rings. The van der Waals surface area contributed by atoms with Gasteiger partial charge in [-0.25, -0.2) is 0 Å². The summed E-state index contributed by atoms with van der Waals surface area (Å²) in [5.74, 6) is -0.694. The Labute approximate surface area is 149 Å². The second kappa shape index (κ2) is 8.43. The highest BCUT2D eigenvalue weighted by Gasteiger charge is 2.15. The first-order valence-corrected chi connectivity index (χ1v) is 8.40. The normalized spacial score (nSPS) is 10.2. The second-order valence-electron chi connectivity index (χ2n) is 5.32. The zero-order chi connectivity index (χ0) is 18.4. The minimum Gasteiger partial charge on any atom is -0.497 e. The number of aryl methyl sites for hydroxylation is 2. The van der Waals surface area contributed by atoms with E-state index in [0.29, 0.717) is 16.9 Å². The fraction of sp³-hybridized carbons (Fsp3) is 0.278. The van der Waals surface area contributed by atoms with Crippen molar-refractivity contribution >= 4 is 29.0 Å². The van der Waals surface area contributed by atoms with Crippen molar-refractivity contribution in [2.75, 3.05) is 20.3 Å². The number of Topliss-reactive ketones (excluding diaryl/α,β-unsaturated/α-hetero) is 1. The Morgan fingerprint density at radius 3 is 2.36 bits per heavy atom. The number of carbonyl (C=O) groups excluding carboxylic acids is 3. The lowest BCUT2D eigenvalue weighted by Gasteiger charge is -2.07. The molecule has 0 aliphatic rings. The number of carbonyl (C=O) groups is 3. The van der Waals surface area contributed by atoms with E-state index in [1.807, 2.05) is 13.8 Å². The first kappa shape index (κ1) is 18.7. The van der Waals surface area contributed by atoms with Gasteiger partial charge in [-0.1, -0.05) is 0 Å². The van der Waals surface area contributed by atoms with Crippen LogP contribution >= 0.6 is 11.3 Å². The van der Waals surface area contributed by atoms with Crippen LogP contribution in [-0.4, -0.2) is 37.9 Å². The highest BCUT2D eigenvalue weighted by molar-refractivity contribution is 7.12. The van der Waals surface area contributed by atoms with Crippen LogP contribution in [0, 0.1) is 13.8 Å². The first-order chi connectivity index (χ1) is 11.9. The van der Waals surface area contributed by atoms with E-state index in [9.17, 15) is 14.4 Å². The number of ketones is 1. The van der Waals surface area contributed by atoms with E-state index >= 15 is 0 Å². The van der Waals surface area contributed by atoms with Crippen LogP contribution in [0.5, 0.6) is 5.75 Å². The van der Waals surface area contributed by atoms with Crippen molar-refractivity contribution in [1.29, 1.82) is 0 Å². The highest BCUT2D eigenvalue weighted by Crippen LogP contribution is 2.21. The highest BCUT2D eigenvalue weighted by atomic mass is 32.1. The van der Waals surface area contributed by atoms with Gasteiger partial charge in [-0.15, -0.1) is 11.3 Å². The van der Waals surface area contributed by atoms with Gasteiger partial charge in [-0.2, -0.15) is 0 Å². The summed E-state index contributed by atoms with van der Waals surface area (Å²) in [7, 11) is 1.53. The van der Waals surface area contributed by atoms with E-state index in [2.05, 4.69) is 5.32 Å².